The Morgan fingerprint density at radius 1 is 1.21 bits per heavy atom. The maximum atomic E-state index is 6.03. The van der Waals surface area contributed by atoms with Crippen LogP contribution in [0.15, 0.2) is 23.2 Å². The Labute approximate surface area is 117 Å². The average Bonchev–Trinajstić information content (AvgIpc) is 2.45. The molecule has 0 spiro atoms. The Kier molecular flexibility index (Phi) is 3.11. The van der Waals surface area contributed by atoms with Crippen molar-refractivity contribution in [1.29, 1.82) is 0 Å². The van der Waals surface area contributed by atoms with Crippen molar-refractivity contribution in [2.75, 3.05) is 27.4 Å². The van der Waals surface area contributed by atoms with Crippen molar-refractivity contribution in [3.63, 3.8) is 0 Å². The molecule has 0 aromatic heterocycles. The smallest absolute Gasteiger partial charge is 0.161 e. The van der Waals surface area contributed by atoms with Gasteiger partial charge in [-0.2, -0.15) is 0 Å². The zero-order valence-corrected chi connectivity index (χ0v) is 11.7. The summed E-state index contributed by atoms with van der Waals surface area (Å²) in [4.78, 5) is 6.46. The monoisotopic (exact) mass is 278 g/mol. The van der Waals surface area contributed by atoms with E-state index in [1.807, 2.05) is 18.2 Å². The van der Waals surface area contributed by atoms with Gasteiger partial charge in [-0.1, -0.05) is 11.6 Å². The molecular formula is C14H15ClN2O2. The zero-order valence-electron chi connectivity index (χ0n) is 10.9. The van der Waals surface area contributed by atoms with Crippen LogP contribution in [0.5, 0.6) is 11.5 Å². The summed E-state index contributed by atoms with van der Waals surface area (Å²) in [7, 11) is 3.30. The molecule has 100 valence electrons. The topological polar surface area (TPSA) is 34.1 Å². The van der Waals surface area contributed by atoms with Gasteiger partial charge in [-0.3, -0.25) is 4.99 Å². The van der Waals surface area contributed by atoms with Gasteiger partial charge < -0.3 is 14.4 Å². The normalized spacial score (nSPS) is 17.1. The maximum Gasteiger partial charge on any atom is 0.161 e. The molecule has 2 aliphatic heterocycles. The maximum absolute atomic E-state index is 6.03. The third-order valence-electron chi connectivity index (χ3n) is 3.53. The molecule has 19 heavy (non-hydrogen) atoms. The largest absolute Gasteiger partial charge is 0.493 e. The molecule has 0 bridgehead atoms. The van der Waals surface area contributed by atoms with E-state index in [-0.39, 0.29) is 0 Å². The number of ether oxygens (including phenoxy) is 2. The van der Waals surface area contributed by atoms with E-state index in [0.717, 1.165) is 35.7 Å². The van der Waals surface area contributed by atoms with E-state index in [9.17, 15) is 0 Å². The summed E-state index contributed by atoms with van der Waals surface area (Å²) >= 11 is 6.03. The molecule has 0 atom stereocenters. The number of allylic oxidation sites excluding steroid dienone is 1. The van der Waals surface area contributed by atoms with Gasteiger partial charge in [-0.05, 0) is 30.2 Å². The summed E-state index contributed by atoms with van der Waals surface area (Å²) in [6.07, 6.45) is 2.88. The number of hydrogen-bond acceptors (Lipinski definition) is 4. The van der Waals surface area contributed by atoms with Crippen LogP contribution in [0.4, 0.5) is 0 Å². The van der Waals surface area contributed by atoms with Crippen LogP contribution in [0, 0.1) is 0 Å². The fraction of sp³-hybridized carbons (Fsp3) is 0.357. The first-order valence-corrected chi connectivity index (χ1v) is 6.52. The number of rotatable bonds is 2. The van der Waals surface area contributed by atoms with E-state index in [1.165, 1.54) is 5.56 Å². The molecule has 0 radical (unpaired) electrons. The second kappa shape index (κ2) is 4.78. The van der Waals surface area contributed by atoms with E-state index < -0.39 is 0 Å². The summed E-state index contributed by atoms with van der Waals surface area (Å²) in [6.45, 7) is 1.57. The molecule has 0 aliphatic carbocycles. The molecule has 0 amide bonds. The molecular weight excluding hydrogens is 264 g/mol. The second-order valence-electron chi connectivity index (χ2n) is 4.53. The quantitative estimate of drug-likeness (QED) is 0.834. The highest BCUT2D eigenvalue weighted by molar-refractivity contribution is 6.69. The van der Waals surface area contributed by atoms with Crippen molar-refractivity contribution in [2.24, 2.45) is 4.99 Å². The summed E-state index contributed by atoms with van der Waals surface area (Å²) in [5, 5.41) is 0.550. The van der Waals surface area contributed by atoms with E-state index in [4.69, 9.17) is 21.1 Å². The summed E-state index contributed by atoms with van der Waals surface area (Å²) < 4.78 is 10.7. The molecule has 0 N–H and O–H groups in total. The van der Waals surface area contributed by atoms with Crippen LogP contribution in [0.3, 0.4) is 0 Å². The lowest BCUT2D eigenvalue weighted by atomic mass is 9.95. The number of benzene rings is 1. The van der Waals surface area contributed by atoms with Gasteiger partial charge in [0.05, 0.1) is 14.2 Å². The Balaban J connectivity index is 2.13. The van der Waals surface area contributed by atoms with Gasteiger partial charge in [0.1, 0.15) is 11.8 Å². The third kappa shape index (κ3) is 2.06. The molecule has 0 saturated heterocycles. The first-order chi connectivity index (χ1) is 9.22. The minimum Gasteiger partial charge on any atom is -0.493 e. The third-order valence-corrected chi connectivity index (χ3v) is 3.75. The molecule has 1 aromatic rings. The summed E-state index contributed by atoms with van der Waals surface area (Å²) in [6, 6.07) is 4.06. The van der Waals surface area contributed by atoms with Crippen LogP contribution in [0.1, 0.15) is 11.1 Å². The van der Waals surface area contributed by atoms with Gasteiger partial charge in [0.2, 0.25) is 0 Å². The van der Waals surface area contributed by atoms with Crippen molar-refractivity contribution in [1.82, 2.24) is 4.90 Å². The number of aliphatic imine (C=N–C) groups is 1. The molecule has 5 heteroatoms. The molecule has 2 heterocycles. The van der Waals surface area contributed by atoms with Crippen molar-refractivity contribution in [3.8, 4) is 11.5 Å². The Hall–Kier alpha value is -1.68. The minimum absolute atomic E-state index is 0.550. The Morgan fingerprint density at radius 3 is 2.68 bits per heavy atom. The number of nitrogens with zero attached hydrogens (tertiary/aromatic N) is 2. The highest BCUT2D eigenvalue weighted by Gasteiger charge is 2.25. The SMILES string of the molecule is COc1cc2c(cc1OC)C1=CC(Cl)=NCN1CC2. The van der Waals surface area contributed by atoms with Gasteiger partial charge in [0.25, 0.3) is 0 Å². The van der Waals surface area contributed by atoms with Gasteiger partial charge in [-0.15, -0.1) is 0 Å². The lowest BCUT2D eigenvalue weighted by Crippen LogP contribution is -2.32. The van der Waals surface area contributed by atoms with E-state index in [1.54, 1.807) is 14.2 Å². The molecule has 0 fully saturated rings. The van der Waals surface area contributed by atoms with Gasteiger partial charge in [-0.25, -0.2) is 0 Å². The van der Waals surface area contributed by atoms with Crippen molar-refractivity contribution >= 4 is 22.5 Å². The van der Waals surface area contributed by atoms with Gasteiger partial charge >= 0.3 is 0 Å². The fourth-order valence-corrected chi connectivity index (χ4v) is 2.70. The zero-order chi connectivity index (χ0) is 13.4. The molecule has 0 saturated carbocycles. The summed E-state index contributed by atoms with van der Waals surface area (Å²) in [5.74, 6) is 1.51. The number of fused-ring (bicyclic) bond motifs is 3. The second-order valence-corrected chi connectivity index (χ2v) is 4.92. The van der Waals surface area contributed by atoms with Crippen LogP contribution in [-0.4, -0.2) is 37.5 Å². The van der Waals surface area contributed by atoms with Gasteiger partial charge in [0, 0.05) is 17.8 Å². The lowest BCUT2D eigenvalue weighted by Gasteiger charge is -2.34. The van der Waals surface area contributed by atoms with Crippen LogP contribution in [0.2, 0.25) is 0 Å². The number of hydrogen-bond donors (Lipinski definition) is 0. The van der Waals surface area contributed by atoms with E-state index in [2.05, 4.69) is 9.89 Å². The van der Waals surface area contributed by atoms with Crippen molar-refractivity contribution in [3.05, 3.63) is 29.3 Å². The lowest BCUT2D eigenvalue weighted by molar-refractivity contribution is 0.351. The first kappa shape index (κ1) is 12.4. The van der Waals surface area contributed by atoms with Crippen LogP contribution in [0.25, 0.3) is 5.70 Å². The van der Waals surface area contributed by atoms with E-state index in [0.29, 0.717) is 11.8 Å². The Morgan fingerprint density at radius 2 is 1.95 bits per heavy atom. The molecule has 0 unspecified atom stereocenters. The predicted octanol–water partition coefficient (Wildman–Crippen LogP) is 2.51. The van der Waals surface area contributed by atoms with Crippen molar-refractivity contribution in [2.45, 2.75) is 6.42 Å². The van der Waals surface area contributed by atoms with Crippen LogP contribution < -0.4 is 9.47 Å². The van der Waals surface area contributed by atoms with Gasteiger partial charge in [0.15, 0.2) is 11.5 Å². The fourth-order valence-electron chi connectivity index (χ4n) is 2.54. The molecule has 1 aromatic carbocycles. The molecule has 4 nitrogen and oxygen atoms in total. The predicted molar refractivity (Wildman–Crippen MR) is 76.1 cm³/mol. The standard InChI is InChI=1S/C14H15ClN2O2/c1-18-12-5-9-3-4-17-8-16-14(15)7-11(17)10(9)6-13(12)19-2/h5-7H,3-4,8H2,1-2H3. The Bertz CT molecular complexity index is 581. The number of halogens is 1. The van der Waals surface area contributed by atoms with E-state index >= 15 is 0 Å². The minimum atomic E-state index is 0.550. The van der Waals surface area contributed by atoms with Crippen molar-refractivity contribution < 1.29 is 9.47 Å². The highest BCUT2D eigenvalue weighted by atomic mass is 35.5. The highest BCUT2D eigenvalue weighted by Crippen LogP contribution is 2.38. The number of methoxy groups -OCH3 is 2. The molecule has 2 aliphatic rings. The first-order valence-electron chi connectivity index (χ1n) is 6.15. The molecule has 3 rings (SSSR count). The van der Waals surface area contributed by atoms with Crippen LogP contribution in [-0.2, 0) is 6.42 Å². The van der Waals surface area contributed by atoms with Crippen LogP contribution >= 0.6 is 11.6 Å². The average molecular weight is 279 g/mol. The summed E-state index contributed by atoms with van der Waals surface area (Å²) in [5.41, 5.74) is 3.52.